The van der Waals surface area contributed by atoms with E-state index in [1.165, 1.54) is 0 Å². The summed E-state index contributed by atoms with van der Waals surface area (Å²) in [6.07, 6.45) is -0.348. The number of carbonyl (C=O) groups excluding carboxylic acids is 1. The number of carbonyl (C=O) groups is 1. The third-order valence-electron chi connectivity index (χ3n) is 3.93. The lowest BCUT2D eigenvalue weighted by Crippen LogP contribution is -2.37. The topological polar surface area (TPSA) is 41.1 Å². The van der Waals surface area contributed by atoms with Gasteiger partial charge in [0.1, 0.15) is 6.17 Å². The number of rotatable bonds is 4. The third-order valence-corrected chi connectivity index (χ3v) is 3.93. The molecule has 2 aromatic rings. The van der Waals surface area contributed by atoms with Crippen LogP contribution >= 0.6 is 0 Å². The third kappa shape index (κ3) is 3.34. The van der Waals surface area contributed by atoms with E-state index in [2.05, 4.69) is 10.6 Å². The van der Waals surface area contributed by atoms with E-state index in [1.807, 2.05) is 54.6 Å². The average molecular weight is 298 g/mol. The van der Waals surface area contributed by atoms with Gasteiger partial charge in [0.2, 0.25) is 0 Å². The Hall–Kier alpha value is -2.20. The first-order valence-electron chi connectivity index (χ1n) is 7.54. The van der Waals surface area contributed by atoms with E-state index in [0.29, 0.717) is 25.1 Å². The lowest BCUT2D eigenvalue weighted by molar-refractivity contribution is 0.0950. The fraction of sp³-hybridized carbons (Fsp3) is 0.278. The lowest BCUT2D eigenvalue weighted by Gasteiger charge is -2.13. The van der Waals surface area contributed by atoms with Gasteiger partial charge in [-0.3, -0.25) is 4.79 Å². The maximum atomic E-state index is 13.1. The van der Waals surface area contributed by atoms with Crippen LogP contribution in [0.4, 0.5) is 4.39 Å². The number of halogens is 1. The molecule has 4 heteroatoms. The highest BCUT2D eigenvalue weighted by Crippen LogP contribution is 2.23. The highest BCUT2D eigenvalue weighted by molar-refractivity contribution is 6.00. The molecule has 0 unspecified atom stereocenters. The van der Waals surface area contributed by atoms with E-state index in [-0.39, 0.29) is 11.9 Å². The number of hydrogen-bond acceptors (Lipinski definition) is 2. The zero-order valence-electron chi connectivity index (χ0n) is 12.3. The van der Waals surface area contributed by atoms with Crippen molar-refractivity contribution in [3.63, 3.8) is 0 Å². The molecule has 22 heavy (non-hydrogen) atoms. The second kappa shape index (κ2) is 6.71. The Labute approximate surface area is 129 Å². The van der Waals surface area contributed by atoms with E-state index < -0.39 is 6.17 Å². The van der Waals surface area contributed by atoms with Crippen molar-refractivity contribution < 1.29 is 9.18 Å². The molecule has 1 aliphatic rings. The lowest BCUT2D eigenvalue weighted by atomic mass is 9.99. The zero-order chi connectivity index (χ0) is 15.4. The molecule has 2 aromatic carbocycles. The average Bonchev–Trinajstić information content (AvgIpc) is 2.99. The Balaban J connectivity index is 1.73. The molecule has 1 fully saturated rings. The van der Waals surface area contributed by atoms with Crippen LogP contribution < -0.4 is 10.6 Å². The van der Waals surface area contributed by atoms with Gasteiger partial charge in [0.25, 0.3) is 5.91 Å². The smallest absolute Gasteiger partial charge is 0.251 e. The minimum absolute atomic E-state index is 0.0165. The van der Waals surface area contributed by atoms with Crippen LogP contribution in [0.5, 0.6) is 0 Å². The summed E-state index contributed by atoms with van der Waals surface area (Å²) in [5.74, 6) is -0.122. The van der Waals surface area contributed by atoms with E-state index in [1.54, 1.807) is 0 Å². The largest absolute Gasteiger partial charge is 0.350 e. The molecule has 0 radical (unpaired) electrons. The standard InChI is InChI=1S/C18H19FN2O/c19-14-10-15(20-11-14)12-21-18(22)17-9-5-4-8-16(17)13-6-2-1-3-7-13/h1-9,14-15,20H,10-12H2,(H,21,22)/t14-,15-/m0/s1. The highest BCUT2D eigenvalue weighted by Gasteiger charge is 2.24. The number of benzene rings is 2. The Kier molecular flexibility index (Phi) is 4.49. The maximum Gasteiger partial charge on any atom is 0.251 e. The van der Waals surface area contributed by atoms with Crippen LogP contribution in [0.1, 0.15) is 16.8 Å². The monoisotopic (exact) mass is 298 g/mol. The zero-order valence-corrected chi connectivity index (χ0v) is 12.3. The molecule has 2 atom stereocenters. The van der Waals surface area contributed by atoms with Crippen LogP contribution in [-0.4, -0.2) is 31.2 Å². The van der Waals surface area contributed by atoms with Gasteiger partial charge < -0.3 is 10.6 Å². The minimum Gasteiger partial charge on any atom is -0.350 e. The van der Waals surface area contributed by atoms with Gasteiger partial charge in [0, 0.05) is 24.7 Å². The van der Waals surface area contributed by atoms with Crippen LogP contribution in [0, 0.1) is 0 Å². The van der Waals surface area contributed by atoms with Gasteiger partial charge in [0.05, 0.1) is 0 Å². The summed E-state index contributed by atoms with van der Waals surface area (Å²) >= 11 is 0. The van der Waals surface area contributed by atoms with Gasteiger partial charge in [-0.25, -0.2) is 4.39 Å². The molecular formula is C18H19FN2O. The number of hydrogen-bond donors (Lipinski definition) is 2. The van der Waals surface area contributed by atoms with E-state index in [0.717, 1.165) is 11.1 Å². The fourth-order valence-corrected chi connectivity index (χ4v) is 2.79. The first kappa shape index (κ1) is 14.7. The molecule has 1 saturated heterocycles. The second-order valence-electron chi connectivity index (χ2n) is 5.56. The summed E-state index contributed by atoms with van der Waals surface area (Å²) in [5.41, 5.74) is 2.56. The molecule has 114 valence electrons. The van der Waals surface area contributed by atoms with Crippen LogP contribution in [0.3, 0.4) is 0 Å². The van der Waals surface area contributed by atoms with Crippen molar-refractivity contribution in [2.75, 3.05) is 13.1 Å². The quantitative estimate of drug-likeness (QED) is 0.911. The molecule has 1 aliphatic heterocycles. The van der Waals surface area contributed by atoms with Crippen LogP contribution in [-0.2, 0) is 0 Å². The summed E-state index contributed by atoms with van der Waals surface area (Å²) in [4.78, 5) is 12.4. The van der Waals surface area contributed by atoms with Gasteiger partial charge in [-0.15, -0.1) is 0 Å². The van der Waals surface area contributed by atoms with Crippen molar-refractivity contribution in [2.45, 2.75) is 18.6 Å². The SMILES string of the molecule is O=C(NC[C@@H]1C[C@H](F)CN1)c1ccccc1-c1ccccc1. The summed E-state index contributed by atoms with van der Waals surface area (Å²) < 4.78 is 13.1. The van der Waals surface area contributed by atoms with E-state index >= 15 is 0 Å². The molecular weight excluding hydrogens is 279 g/mol. The molecule has 1 heterocycles. The van der Waals surface area contributed by atoms with Gasteiger partial charge in [-0.1, -0.05) is 48.5 Å². The molecule has 2 N–H and O–H groups in total. The number of alkyl halides is 1. The molecule has 0 saturated carbocycles. The summed E-state index contributed by atoms with van der Waals surface area (Å²) in [7, 11) is 0. The van der Waals surface area contributed by atoms with Gasteiger partial charge >= 0.3 is 0 Å². The van der Waals surface area contributed by atoms with Gasteiger partial charge in [-0.2, -0.15) is 0 Å². The van der Waals surface area contributed by atoms with Crippen LogP contribution in [0.15, 0.2) is 54.6 Å². The van der Waals surface area contributed by atoms with Crippen LogP contribution in [0.25, 0.3) is 11.1 Å². The normalized spacial score (nSPS) is 20.8. The van der Waals surface area contributed by atoms with Crippen molar-refractivity contribution in [1.29, 1.82) is 0 Å². The van der Waals surface area contributed by atoms with Crippen molar-refractivity contribution in [3.05, 3.63) is 60.2 Å². The molecule has 0 aromatic heterocycles. The fourth-order valence-electron chi connectivity index (χ4n) is 2.79. The minimum atomic E-state index is -0.807. The predicted octanol–water partition coefficient (Wildman–Crippen LogP) is 2.78. The van der Waals surface area contributed by atoms with E-state index in [9.17, 15) is 9.18 Å². The first-order valence-corrected chi connectivity index (χ1v) is 7.54. The van der Waals surface area contributed by atoms with Gasteiger partial charge in [0.15, 0.2) is 0 Å². The molecule has 3 rings (SSSR count). The number of amides is 1. The molecule has 1 amide bonds. The Morgan fingerprint density at radius 3 is 2.59 bits per heavy atom. The molecule has 0 bridgehead atoms. The summed E-state index contributed by atoms with van der Waals surface area (Å²) in [6, 6.07) is 17.4. The van der Waals surface area contributed by atoms with Gasteiger partial charge in [-0.05, 0) is 23.6 Å². The van der Waals surface area contributed by atoms with Crippen molar-refractivity contribution in [1.82, 2.24) is 10.6 Å². The molecule has 0 spiro atoms. The molecule has 3 nitrogen and oxygen atoms in total. The van der Waals surface area contributed by atoms with Crippen molar-refractivity contribution in [3.8, 4) is 11.1 Å². The maximum absolute atomic E-state index is 13.1. The summed E-state index contributed by atoms with van der Waals surface area (Å²) in [5, 5.41) is 5.97. The Morgan fingerprint density at radius 2 is 1.86 bits per heavy atom. The second-order valence-corrected chi connectivity index (χ2v) is 5.56. The van der Waals surface area contributed by atoms with Crippen molar-refractivity contribution >= 4 is 5.91 Å². The van der Waals surface area contributed by atoms with Crippen LogP contribution in [0.2, 0.25) is 0 Å². The summed E-state index contributed by atoms with van der Waals surface area (Å²) in [6.45, 7) is 0.823. The highest BCUT2D eigenvalue weighted by atomic mass is 19.1. The number of nitrogens with one attached hydrogen (secondary N) is 2. The van der Waals surface area contributed by atoms with Crippen molar-refractivity contribution in [2.24, 2.45) is 0 Å². The van der Waals surface area contributed by atoms with E-state index in [4.69, 9.17) is 0 Å². The first-order chi connectivity index (χ1) is 10.7. The molecule has 0 aliphatic carbocycles. The Bertz CT molecular complexity index is 645. The Morgan fingerprint density at radius 1 is 1.14 bits per heavy atom. The predicted molar refractivity (Wildman–Crippen MR) is 85.5 cm³/mol.